The van der Waals surface area contributed by atoms with Crippen molar-refractivity contribution in [2.45, 2.75) is 52.0 Å². The summed E-state index contributed by atoms with van der Waals surface area (Å²) in [6, 6.07) is 7.83. The van der Waals surface area contributed by atoms with Gasteiger partial charge in [-0.1, -0.05) is 38.0 Å². The molecule has 5 nitrogen and oxygen atoms in total. The maximum atomic E-state index is 11.9. The topological polar surface area (TPSA) is 64.6 Å². The van der Waals surface area contributed by atoms with Gasteiger partial charge in [0.1, 0.15) is 5.75 Å². The maximum absolute atomic E-state index is 11.9. The van der Waals surface area contributed by atoms with E-state index < -0.39 is 5.97 Å². The predicted octanol–water partition coefficient (Wildman–Crippen LogP) is 3.00. The molecule has 1 aliphatic rings. The van der Waals surface area contributed by atoms with Gasteiger partial charge in [0.05, 0.1) is 13.0 Å². The minimum Gasteiger partial charge on any atom is -0.493 e. The zero-order valence-electron chi connectivity index (χ0n) is 14.5. The van der Waals surface area contributed by atoms with E-state index in [-0.39, 0.29) is 31.6 Å². The molecule has 1 aromatic rings. The van der Waals surface area contributed by atoms with Gasteiger partial charge in [-0.2, -0.15) is 0 Å². The van der Waals surface area contributed by atoms with Crippen molar-refractivity contribution in [2.24, 2.45) is 5.92 Å². The van der Waals surface area contributed by atoms with Crippen LogP contribution in [-0.2, 0) is 14.3 Å². The highest BCUT2D eigenvalue weighted by Gasteiger charge is 2.23. The van der Waals surface area contributed by atoms with Gasteiger partial charge in [0.2, 0.25) is 0 Å². The molecule has 0 spiro atoms. The van der Waals surface area contributed by atoms with Crippen LogP contribution in [0, 0.1) is 12.8 Å². The first-order valence-corrected chi connectivity index (χ1v) is 8.69. The second-order valence-electron chi connectivity index (χ2n) is 6.46. The molecule has 1 aromatic carbocycles. The van der Waals surface area contributed by atoms with Gasteiger partial charge < -0.3 is 14.8 Å². The van der Waals surface area contributed by atoms with Crippen molar-refractivity contribution < 1.29 is 19.1 Å². The first kappa shape index (κ1) is 18.3. The summed E-state index contributed by atoms with van der Waals surface area (Å²) >= 11 is 0. The fourth-order valence-corrected chi connectivity index (χ4v) is 2.96. The van der Waals surface area contributed by atoms with Crippen molar-refractivity contribution in [3.05, 3.63) is 29.8 Å². The molecule has 0 bridgehead atoms. The molecule has 5 heteroatoms. The van der Waals surface area contributed by atoms with E-state index in [2.05, 4.69) is 12.2 Å². The second kappa shape index (κ2) is 9.30. The van der Waals surface area contributed by atoms with Crippen LogP contribution in [-0.4, -0.2) is 31.1 Å². The van der Waals surface area contributed by atoms with Crippen LogP contribution in [0.4, 0.5) is 0 Å². The quantitative estimate of drug-likeness (QED) is 0.779. The number of hydrogen-bond acceptors (Lipinski definition) is 4. The number of hydrogen-bond donors (Lipinski definition) is 1. The average Bonchev–Trinajstić information content (AvgIpc) is 2.57. The molecule has 0 unspecified atom stereocenters. The Balaban J connectivity index is 1.62. The van der Waals surface area contributed by atoms with Gasteiger partial charge in [-0.15, -0.1) is 0 Å². The van der Waals surface area contributed by atoms with Crippen LogP contribution < -0.4 is 10.1 Å². The molecule has 24 heavy (non-hydrogen) atoms. The summed E-state index contributed by atoms with van der Waals surface area (Å²) in [6.07, 6.45) is 4.64. The Morgan fingerprint density at radius 3 is 2.71 bits per heavy atom. The van der Waals surface area contributed by atoms with Gasteiger partial charge >= 0.3 is 5.97 Å². The number of ether oxygens (including phenoxy) is 2. The third-order valence-corrected chi connectivity index (χ3v) is 4.48. The Bertz CT molecular complexity index is 558. The van der Waals surface area contributed by atoms with Crippen LogP contribution in [0.3, 0.4) is 0 Å². The van der Waals surface area contributed by atoms with Crippen molar-refractivity contribution in [3.63, 3.8) is 0 Å². The van der Waals surface area contributed by atoms with E-state index in [9.17, 15) is 9.59 Å². The van der Waals surface area contributed by atoms with E-state index in [4.69, 9.17) is 9.47 Å². The van der Waals surface area contributed by atoms with Crippen LogP contribution in [0.25, 0.3) is 0 Å². The van der Waals surface area contributed by atoms with E-state index >= 15 is 0 Å². The normalized spacial score (nSPS) is 20.2. The first-order valence-electron chi connectivity index (χ1n) is 8.69. The molecule has 1 N–H and O–H groups in total. The standard InChI is InChI=1S/C19H27NO4/c1-14-7-3-5-9-16(14)20-18(21)13-24-19(22)11-12-23-17-10-6-4-8-15(17)2/h4,6,8,10,14,16H,3,5,7,9,11-13H2,1-2H3,(H,20,21)/t14-,16-/m1/s1. The summed E-state index contributed by atoms with van der Waals surface area (Å²) in [4.78, 5) is 23.6. The van der Waals surface area contributed by atoms with E-state index in [1.165, 1.54) is 6.42 Å². The molecule has 2 atom stereocenters. The summed E-state index contributed by atoms with van der Waals surface area (Å²) in [6.45, 7) is 4.13. The van der Waals surface area contributed by atoms with Crippen molar-refractivity contribution in [2.75, 3.05) is 13.2 Å². The minimum absolute atomic E-state index is 0.126. The molecule has 0 aromatic heterocycles. The Hall–Kier alpha value is -2.04. The summed E-state index contributed by atoms with van der Waals surface area (Å²) in [7, 11) is 0. The second-order valence-corrected chi connectivity index (χ2v) is 6.46. The molecule has 132 valence electrons. The zero-order chi connectivity index (χ0) is 17.4. The molecule has 0 aliphatic heterocycles. The van der Waals surface area contributed by atoms with Crippen molar-refractivity contribution in [1.82, 2.24) is 5.32 Å². The molecule has 2 rings (SSSR count). The highest BCUT2D eigenvalue weighted by Crippen LogP contribution is 2.23. The number of rotatable bonds is 7. The smallest absolute Gasteiger partial charge is 0.309 e. The number of amides is 1. The van der Waals surface area contributed by atoms with Crippen LogP contribution in [0.15, 0.2) is 24.3 Å². The van der Waals surface area contributed by atoms with E-state index in [1.54, 1.807) is 0 Å². The molecule has 0 saturated heterocycles. The molecule has 0 radical (unpaired) electrons. The molecular formula is C19H27NO4. The lowest BCUT2D eigenvalue weighted by Gasteiger charge is -2.29. The van der Waals surface area contributed by atoms with Gasteiger partial charge in [-0.25, -0.2) is 0 Å². The Morgan fingerprint density at radius 1 is 1.21 bits per heavy atom. The lowest BCUT2D eigenvalue weighted by Crippen LogP contribution is -2.42. The SMILES string of the molecule is Cc1ccccc1OCCC(=O)OCC(=O)N[C@@H]1CCCC[C@H]1C. The van der Waals surface area contributed by atoms with Crippen LogP contribution >= 0.6 is 0 Å². The van der Waals surface area contributed by atoms with Gasteiger partial charge in [0, 0.05) is 6.04 Å². The van der Waals surface area contributed by atoms with Crippen LogP contribution in [0.2, 0.25) is 0 Å². The summed E-state index contributed by atoms with van der Waals surface area (Å²) in [5, 5.41) is 2.97. The number of carbonyl (C=O) groups is 2. The van der Waals surface area contributed by atoms with Crippen LogP contribution in [0.1, 0.15) is 44.6 Å². The predicted molar refractivity (Wildman–Crippen MR) is 91.8 cm³/mol. The van der Waals surface area contributed by atoms with Crippen LogP contribution in [0.5, 0.6) is 5.75 Å². The summed E-state index contributed by atoms with van der Waals surface area (Å²) in [5.74, 6) is 0.604. The van der Waals surface area contributed by atoms with E-state index in [0.717, 1.165) is 30.6 Å². The van der Waals surface area contributed by atoms with Gasteiger partial charge in [-0.05, 0) is 37.3 Å². The highest BCUT2D eigenvalue weighted by atomic mass is 16.5. The average molecular weight is 333 g/mol. The van der Waals surface area contributed by atoms with Crippen molar-refractivity contribution >= 4 is 11.9 Å². The highest BCUT2D eigenvalue weighted by molar-refractivity contribution is 5.80. The Morgan fingerprint density at radius 2 is 1.96 bits per heavy atom. The molecule has 1 aliphatic carbocycles. The van der Waals surface area contributed by atoms with Crippen molar-refractivity contribution in [3.8, 4) is 5.75 Å². The molecule has 0 heterocycles. The number of benzene rings is 1. The third-order valence-electron chi connectivity index (χ3n) is 4.48. The van der Waals surface area contributed by atoms with Gasteiger partial charge in [0.15, 0.2) is 6.61 Å². The first-order chi connectivity index (χ1) is 11.6. The number of carbonyl (C=O) groups excluding carboxylic acids is 2. The number of aryl methyl sites for hydroxylation is 1. The monoisotopic (exact) mass is 333 g/mol. The van der Waals surface area contributed by atoms with Gasteiger partial charge in [-0.3, -0.25) is 9.59 Å². The fourth-order valence-electron chi connectivity index (χ4n) is 2.96. The Labute approximate surface area is 143 Å². The maximum Gasteiger partial charge on any atom is 0.309 e. The molecular weight excluding hydrogens is 306 g/mol. The van der Waals surface area contributed by atoms with Crippen molar-refractivity contribution in [1.29, 1.82) is 0 Å². The number of para-hydroxylation sites is 1. The molecule has 1 fully saturated rings. The zero-order valence-corrected chi connectivity index (χ0v) is 14.5. The fraction of sp³-hybridized carbons (Fsp3) is 0.579. The summed E-state index contributed by atoms with van der Waals surface area (Å²) < 4.78 is 10.6. The molecule has 1 amide bonds. The largest absolute Gasteiger partial charge is 0.493 e. The Kier molecular flexibility index (Phi) is 7.09. The lowest BCUT2D eigenvalue weighted by atomic mass is 9.86. The van der Waals surface area contributed by atoms with Gasteiger partial charge in [0.25, 0.3) is 5.91 Å². The minimum atomic E-state index is -0.421. The van der Waals surface area contributed by atoms with E-state index in [1.807, 2.05) is 31.2 Å². The summed E-state index contributed by atoms with van der Waals surface area (Å²) in [5.41, 5.74) is 1.02. The molecule has 1 saturated carbocycles. The van der Waals surface area contributed by atoms with E-state index in [0.29, 0.717) is 5.92 Å². The number of esters is 1. The third kappa shape index (κ3) is 5.87. The lowest BCUT2D eigenvalue weighted by molar-refractivity contribution is -0.149. The number of nitrogens with one attached hydrogen (secondary N) is 1.